The number of carbonyl (C=O) groups is 1. The molecule has 1 aromatic heterocycles. The Kier molecular flexibility index (Phi) is 3.67. The van der Waals surface area contributed by atoms with Crippen LogP contribution in [0.25, 0.3) is 11.0 Å². The molecule has 0 unspecified atom stereocenters. The molecule has 0 aliphatic rings. The molecule has 0 amide bonds. The number of esters is 1. The van der Waals surface area contributed by atoms with Crippen molar-refractivity contribution in [2.45, 2.75) is 18.6 Å². The van der Waals surface area contributed by atoms with Gasteiger partial charge in [0.15, 0.2) is 0 Å². The molecule has 0 fully saturated rings. The molecule has 5 nitrogen and oxygen atoms in total. The number of imidazole rings is 1. The molecule has 0 radical (unpaired) electrons. The molecule has 3 N–H and O–H groups in total. The Morgan fingerprint density at radius 3 is 2.80 bits per heavy atom. The van der Waals surface area contributed by atoms with Crippen LogP contribution in [0.4, 0.5) is 13.2 Å². The minimum absolute atomic E-state index is 0.164. The maximum absolute atomic E-state index is 12.5. The van der Waals surface area contributed by atoms with E-state index in [9.17, 15) is 18.0 Å². The van der Waals surface area contributed by atoms with Gasteiger partial charge < -0.3 is 15.5 Å². The molecule has 0 saturated heterocycles. The molecule has 0 aliphatic carbocycles. The highest BCUT2D eigenvalue weighted by molar-refractivity contribution is 5.78. The fourth-order valence-corrected chi connectivity index (χ4v) is 1.80. The van der Waals surface area contributed by atoms with Gasteiger partial charge in [-0.2, -0.15) is 13.2 Å². The highest BCUT2D eigenvalue weighted by Gasteiger charge is 2.34. The van der Waals surface area contributed by atoms with Gasteiger partial charge in [-0.15, -0.1) is 0 Å². The number of hydrogen-bond acceptors (Lipinski definition) is 4. The number of rotatable bonds is 3. The molecule has 0 bridgehead atoms. The number of aromatic amines is 1. The number of methoxy groups -OCH3 is 1. The summed E-state index contributed by atoms with van der Waals surface area (Å²) in [6, 6.07) is 3.66. The largest absolute Gasteiger partial charge is 0.468 e. The van der Waals surface area contributed by atoms with Crippen molar-refractivity contribution in [3.63, 3.8) is 0 Å². The number of carbonyl (C=O) groups excluding carboxylic acids is 1. The summed E-state index contributed by atoms with van der Waals surface area (Å²) in [5.41, 5.74) is 6.65. The number of ether oxygens (including phenoxy) is 1. The summed E-state index contributed by atoms with van der Waals surface area (Å²) in [4.78, 5) is 16.9. The third kappa shape index (κ3) is 2.90. The van der Waals surface area contributed by atoms with Crippen molar-refractivity contribution in [1.29, 1.82) is 0 Å². The minimum atomic E-state index is -4.53. The van der Waals surface area contributed by atoms with Crippen LogP contribution in [0, 0.1) is 0 Å². The molecular weight excluding hydrogens is 275 g/mol. The third-order valence-corrected chi connectivity index (χ3v) is 2.78. The second-order valence-corrected chi connectivity index (χ2v) is 4.27. The van der Waals surface area contributed by atoms with Crippen LogP contribution in [0.2, 0.25) is 0 Å². The van der Waals surface area contributed by atoms with Crippen LogP contribution in [-0.2, 0) is 22.1 Å². The van der Waals surface area contributed by atoms with Crippen molar-refractivity contribution >= 4 is 17.0 Å². The zero-order valence-electron chi connectivity index (χ0n) is 10.5. The molecule has 0 aliphatic heterocycles. The number of nitrogens with one attached hydrogen (secondary N) is 1. The number of nitrogens with zero attached hydrogens (tertiary/aromatic N) is 1. The lowest BCUT2D eigenvalue weighted by Gasteiger charge is -2.08. The van der Waals surface area contributed by atoms with Crippen LogP contribution in [0.15, 0.2) is 18.2 Å². The molecule has 1 aromatic carbocycles. The molecule has 0 spiro atoms. The molecular formula is C12H12F3N3O2. The van der Waals surface area contributed by atoms with Crippen LogP contribution >= 0.6 is 0 Å². The number of nitrogens with two attached hydrogens (primary N) is 1. The SMILES string of the molecule is COC(=O)[C@H](N)Cc1ccc2[nH]c(C(F)(F)F)nc2c1. The summed E-state index contributed by atoms with van der Waals surface area (Å²) in [5.74, 6) is -1.63. The van der Waals surface area contributed by atoms with Gasteiger partial charge >= 0.3 is 12.1 Å². The second kappa shape index (κ2) is 5.12. The van der Waals surface area contributed by atoms with Crippen molar-refractivity contribution in [2.24, 2.45) is 5.73 Å². The summed E-state index contributed by atoms with van der Waals surface area (Å²) >= 11 is 0. The zero-order chi connectivity index (χ0) is 14.9. The lowest BCUT2D eigenvalue weighted by molar-refractivity contribution is -0.144. The Labute approximate surface area is 111 Å². The van der Waals surface area contributed by atoms with E-state index in [2.05, 4.69) is 14.7 Å². The number of benzene rings is 1. The Morgan fingerprint density at radius 1 is 1.50 bits per heavy atom. The molecule has 2 rings (SSSR count). The van der Waals surface area contributed by atoms with Gasteiger partial charge in [0.1, 0.15) is 6.04 Å². The first-order valence-corrected chi connectivity index (χ1v) is 5.70. The minimum Gasteiger partial charge on any atom is -0.468 e. The Morgan fingerprint density at radius 2 is 2.20 bits per heavy atom. The van der Waals surface area contributed by atoms with Crippen molar-refractivity contribution in [1.82, 2.24) is 9.97 Å². The molecule has 20 heavy (non-hydrogen) atoms. The number of aromatic nitrogens is 2. The Hall–Kier alpha value is -2.09. The number of halogens is 3. The highest BCUT2D eigenvalue weighted by Crippen LogP contribution is 2.28. The van der Waals surface area contributed by atoms with Gasteiger partial charge in [-0.1, -0.05) is 6.07 Å². The van der Waals surface area contributed by atoms with Gasteiger partial charge in [-0.05, 0) is 24.1 Å². The monoisotopic (exact) mass is 287 g/mol. The van der Waals surface area contributed by atoms with Gasteiger partial charge in [-0.3, -0.25) is 4.79 Å². The lowest BCUT2D eigenvalue weighted by Crippen LogP contribution is -2.33. The molecule has 8 heteroatoms. The maximum Gasteiger partial charge on any atom is 0.449 e. The number of fused-ring (bicyclic) bond motifs is 1. The maximum atomic E-state index is 12.5. The van der Waals surface area contributed by atoms with Crippen molar-refractivity contribution in [3.05, 3.63) is 29.6 Å². The molecule has 0 saturated carbocycles. The molecule has 108 valence electrons. The standard InChI is InChI=1S/C12H12F3N3O2/c1-20-10(19)7(16)4-6-2-3-8-9(5-6)18-11(17-8)12(13,14)15/h2-3,5,7H,4,16H2,1H3,(H,17,18)/t7-/m1/s1. The Balaban J connectivity index is 2.27. The zero-order valence-corrected chi connectivity index (χ0v) is 10.5. The normalized spacial score (nSPS) is 13.4. The van der Waals surface area contributed by atoms with Crippen LogP contribution < -0.4 is 5.73 Å². The second-order valence-electron chi connectivity index (χ2n) is 4.27. The summed E-state index contributed by atoms with van der Waals surface area (Å²) in [5, 5.41) is 0. The quantitative estimate of drug-likeness (QED) is 0.841. The van der Waals surface area contributed by atoms with Crippen molar-refractivity contribution in [3.8, 4) is 0 Å². The van der Waals surface area contributed by atoms with Gasteiger partial charge in [-0.25, -0.2) is 4.98 Å². The van der Waals surface area contributed by atoms with Gasteiger partial charge in [0.05, 0.1) is 18.1 Å². The van der Waals surface area contributed by atoms with Crippen molar-refractivity contribution in [2.75, 3.05) is 7.11 Å². The van der Waals surface area contributed by atoms with Gasteiger partial charge in [0.2, 0.25) is 5.82 Å². The smallest absolute Gasteiger partial charge is 0.449 e. The highest BCUT2D eigenvalue weighted by atomic mass is 19.4. The summed E-state index contributed by atoms with van der Waals surface area (Å²) in [7, 11) is 1.22. The number of hydrogen-bond donors (Lipinski definition) is 2. The summed E-state index contributed by atoms with van der Waals surface area (Å²) < 4.78 is 42.0. The third-order valence-electron chi connectivity index (χ3n) is 2.78. The lowest BCUT2D eigenvalue weighted by atomic mass is 10.1. The number of alkyl halides is 3. The van der Waals surface area contributed by atoms with E-state index in [1.54, 1.807) is 6.07 Å². The van der Waals surface area contributed by atoms with Crippen LogP contribution in [0.3, 0.4) is 0 Å². The Bertz CT molecular complexity index is 636. The fraction of sp³-hybridized carbons (Fsp3) is 0.333. The van der Waals surface area contributed by atoms with E-state index < -0.39 is 24.0 Å². The van der Waals surface area contributed by atoms with Crippen LogP contribution in [0.5, 0.6) is 0 Å². The molecule has 1 atom stereocenters. The fourth-order valence-electron chi connectivity index (χ4n) is 1.80. The average Bonchev–Trinajstić information content (AvgIpc) is 2.80. The molecule has 2 aromatic rings. The average molecular weight is 287 g/mol. The predicted molar refractivity (Wildman–Crippen MR) is 64.8 cm³/mol. The first-order chi connectivity index (χ1) is 9.31. The van der Waals surface area contributed by atoms with E-state index >= 15 is 0 Å². The van der Waals surface area contributed by atoms with Crippen LogP contribution in [-0.4, -0.2) is 29.1 Å². The van der Waals surface area contributed by atoms with E-state index in [4.69, 9.17) is 5.73 Å². The number of H-pyrrole nitrogens is 1. The van der Waals surface area contributed by atoms with E-state index in [0.717, 1.165) is 0 Å². The van der Waals surface area contributed by atoms with Crippen molar-refractivity contribution < 1.29 is 22.7 Å². The van der Waals surface area contributed by atoms with Gasteiger partial charge in [0.25, 0.3) is 0 Å². The van der Waals surface area contributed by atoms with E-state index in [0.29, 0.717) is 5.56 Å². The van der Waals surface area contributed by atoms with Crippen LogP contribution in [0.1, 0.15) is 11.4 Å². The van der Waals surface area contributed by atoms with Gasteiger partial charge in [0, 0.05) is 0 Å². The molecule has 1 heterocycles. The first kappa shape index (κ1) is 14.3. The first-order valence-electron chi connectivity index (χ1n) is 5.70. The predicted octanol–water partition coefficient (Wildman–Crippen LogP) is 1.62. The summed E-state index contributed by atoms with van der Waals surface area (Å²) in [6.45, 7) is 0. The van der Waals surface area contributed by atoms with E-state index in [-0.39, 0.29) is 17.5 Å². The van der Waals surface area contributed by atoms with E-state index in [1.807, 2.05) is 0 Å². The summed E-state index contributed by atoms with van der Waals surface area (Å²) in [6.07, 6.45) is -4.36. The van der Waals surface area contributed by atoms with E-state index in [1.165, 1.54) is 19.2 Å². The topological polar surface area (TPSA) is 81.0 Å².